The van der Waals surface area contributed by atoms with Gasteiger partial charge in [0.2, 0.25) is 11.8 Å². The van der Waals surface area contributed by atoms with E-state index in [9.17, 15) is 14.3 Å². The van der Waals surface area contributed by atoms with Gasteiger partial charge in [0.15, 0.2) is 5.69 Å². The van der Waals surface area contributed by atoms with Crippen LogP contribution in [0.5, 0.6) is 5.88 Å². The van der Waals surface area contributed by atoms with E-state index in [4.69, 9.17) is 20.7 Å². The molecule has 0 aliphatic carbocycles. The Morgan fingerprint density at radius 2 is 1.98 bits per heavy atom. The van der Waals surface area contributed by atoms with Crippen LogP contribution in [0.15, 0.2) is 71.6 Å². The van der Waals surface area contributed by atoms with Crippen molar-refractivity contribution in [3.8, 4) is 5.88 Å². The molecule has 0 unspecified atom stereocenters. The molecule has 4 heterocycles. The third-order valence-electron chi connectivity index (χ3n) is 7.57. The van der Waals surface area contributed by atoms with Crippen LogP contribution in [0, 0.1) is 12.4 Å². The SMILES string of the molecule is [C-]#[N+]c1ccc(COc2ncccc2C2CCN(Cc3nc4ccc(C(=O)O)cc4n3Cc3ncco3)CC2)c(F)c1. The molecule has 10 nitrogen and oxygen atoms in total. The third kappa shape index (κ3) is 5.70. The van der Waals surface area contributed by atoms with Gasteiger partial charge in [-0.2, -0.15) is 0 Å². The first kappa shape index (κ1) is 27.1. The number of carboxylic acids is 1. The minimum absolute atomic E-state index is 0.0251. The molecule has 3 aromatic heterocycles. The number of imidazole rings is 1. The second-order valence-corrected chi connectivity index (χ2v) is 10.2. The number of benzene rings is 2. The molecule has 0 amide bonds. The van der Waals surface area contributed by atoms with Gasteiger partial charge < -0.3 is 18.8 Å². The number of carbonyl (C=O) groups is 1. The Morgan fingerprint density at radius 1 is 1.12 bits per heavy atom. The molecule has 1 N–H and O–H groups in total. The lowest BCUT2D eigenvalue weighted by Gasteiger charge is -2.32. The highest BCUT2D eigenvalue weighted by atomic mass is 19.1. The summed E-state index contributed by atoms with van der Waals surface area (Å²) in [5, 5.41) is 9.51. The van der Waals surface area contributed by atoms with Crippen molar-refractivity contribution in [3.05, 3.63) is 113 Å². The van der Waals surface area contributed by atoms with Gasteiger partial charge in [-0.05, 0) is 62.2 Å². The number of fused-ring (bicyclic) bond motifs is 1. The largest absolute Gasteiger partial charge is 0.478 e. The molecule has 5 aromatic rings. The fourth-order valence-corrected chi connectivity index (χ4v) is 5.37. The molecule has 1 saturated heterocycles. The van der Waals surface area contributed by atoms with Crippen LogP contribution in [0.3, 0.4) is 0 Å². The fraction of sp³-hybridized carbons (Fsp3) is 0.258. The lowest BCUT2D eigenvalue weighted by molar-refractivity contribution is 0.0697. The molecule has 0 bridgehead atoms. The average Bonchev–Trinajstić information content (AvgIpc) is 3.65. The van der Waals surface area contributed by atoms with Crippen LogP contribution in [0.1, 0.15) is 52.0 Å². The molecule has 1 aliphatic rings. The Kier molecular flexibility index (Phi) is 7.62. The number of pyridine rings is 1. The fourth-order valence-electron chi connectivity index (χ4n) is 5.37. The average molecular weight is 567 g/mol. The summed E-state index contributed by atoms with van der Waals surface area (Å²) in [6.45, 7) is 9.63. The summed E-state index contributed by atoms with van der Waals surface area (Å²) >= 11 is 0. The number of rotatable bonds is 9. The van der Waals surface area contributed by atoms with Gasteiger partial charge in [-0.3, -0.25) is 4.90 Å². The van der Waals surface area contributed by atoms with E-state index in [-0.39, 0.29) is 23.8 Å². The molecule has 42 heavy (non-hydrogen) atoms. The van der Waals surface area contributed by atoms with Crippen molar-refractivity contribution in [3.63, 3.8) is 0 Å². The van der Waals surface area contributed by atoms with E-state index in [0.717, 1.165) is 42.8 Å². The van der Waals surface area contributed by atoms with Crippen LogP contribution in [0.4, 0.5) is 10.1 Å². The van der Waals surface area contributed by atoms with Gasteiger partial charge in [-0.15, -0.1) is 0 Å². The Morgan fingerprint density at radius 3 is 2.71 bits per heavy atom. The topological polar surface area (TPSA) is 111 Å². The molecule has 1 fully saturated rings. The lowest BCUT2D eigenvalue weighted by atomic mass is 9.90. The third-order valence-corrected chi connectivity index (χ3v) is 7.57. The van der Waals surface area contributed by atoms with E-state index in [2.05, 4.69) is 19.7 Å². The maximum absolute atomic E-state index is 14.4. The summed E-state index contributed by atoms with van der Waals surface area (Å²) in [7, 11) is 0. The van der Waals surface area contributed by atoms with Gasteiger partial charge >= 0.3 is 5.97 Å². The van der Waals surface area contributed by atoms with Crippen molar-refractivity contribution in [2.75, 3.05) is 13.1 Å². The van der Waals surface area contributed by atoms with Gasteiger partial charge in [0, 0.05) is 17.3 Å². The van der Waals surface area contributed by atoms with Gasteiger partial charge in [-0.25, -0.2) is 29.0 Å². The predicted octanol–water partition coefficient (Wildman–Crippen LogP) is 5.81. The van der Waals surface area contributed by atoms with Gasteiger partial charge in [-0.1, -0.05) is 18.2 Å². The monoisotopic (exact) mass is 566 g/mol. The summed E-state index contributed by atoms with van der Waals surface area (Å²) < 4.78 is 27.8. The lowest BCUT2D eigenvalue weighted by Crippen LogP contribution is -2.33. The number of aromatic carboxylic acids is 1. The van der Waals surface area contributed by atoms with Crippen LogP contribution in [-0.2, 0) is 19.7 Å². The van der Waals surface area contributed by atoms with E-state index in [1.165, 1.54) is 12.3 Å². The number of oxazole rings is 1. The van der Waals surface area contributed by atoms with E-state index >= 15 is 0 Å². The molecule has 0 saturated carbocycles. The Bertz CT molecular complexity index is 1770. The zero-order valence-corrected chi connectivity index (χ0v) is 22.6. The number of ether oxygens (including phenoxy) is 1. The molecule has 11 heteroatoms. The van der Waals surface area contributed by atoms with Crippen LogP contribution in [0.2, 0.25) is 0 Å². The molecule has 0 radical (unpaired) electrons. The van der Waals surface area contributed by atoms with Crippen molar-refractivity contribution < 1.29 is 23.4 Å². The number of halogens is 1. The molecule has 0 atom stereocenters. The second kappa shape index (κ2) is 11.8. The zero-order chi connectivity index (χ0) is 29.1. The Labute approximate surface area is 240 Å². The Balaban J connectivity index is 1.15. The maximum Gasteiger partial charge on any atom is 0.335 e. The van der Waals surface area contributed by atoms with E-state index in [1.807, 2.05) is 16.7 Å². The predicted molar refractivity (Wildman–Crippen MR) is 151 cm³/mol. The molecule has 6 rings (SSSR count). The first-order valence-corrected chi connectivity index (χ1v) is 13.6. The maximum atomic E-state index is 14.4. The number of hydrogen-bond donors (Lipinski definition) is 1. The van der Waals surface area contributed by atoms with E-state index < -0.39 is 11.8 Å². The number of carboxylic acid groups (broad SMARTS) is 1. The number of nitrogens with zero attached hydrogens (tertiary/aromatic N) is 6. The quantitative estimate of drug-likeness (QED) is 0.223. The minimum Gasteiger partial charge on any atom is -0.478 e. The molecule has 1 aliphatic heterocycles. The standard InChI is InChI=1S/C31H27FN6O4/c1-33-23-6-4-22(25(32)16-23)19-42-30-24(3-2-10-35-30)20-8-12-37(13-9-20)17-28-36-26-7-5-21(31(39)40)15-27(26)38(28)18-29-34-11-14-41-29/h2-7,10-11,14-16,20H,8-9,12-13,17-19H2,(H,39,40). The van der Waals surface area contributed by atoms with Crippen molar-refractivity contribution in [2.24, 2.45) is 0 Å². The normalized spacial score (nSPS) is 14.2. The number of hydrogen-bond acceptors (Lipinski definition) is 7. The van der Waals surface area contributed by atoms with Gasteiger partial charge in [0.25, 0.3) is 0 Å². The summed E-state index contributed by atoms with van der Waals surface area (Å²) in [6, 6.07) is 13.2. The molecular weight excluding hydrogens is 539 g/mol. The summed E-state index contributed by atoms with van der Waals surface area (Å²) in [5.41, 5.74) is 3.24. The number of piperidine rings is 1. The van der Waals surface area contributed by atoms with Crippen LogP contribution < -0.4 is 4.74 Å². The number of likely N-dealkylation sites (tertiary alicyclic amines) is 1. The van der Waals surface area contributed by atoms with Crippen molar-refractivity contribution >= 4 is 22.7 Å². The zero-order valence-electron chi connectivity index (χ0n) is 22.6. The minimum atomic E-state index is -0.994. The van der Waals surface area contributed by atoms with Gasteiger partial charge in [0.05, 0.1) is 35.9 Å². The van der Waals surface area contributed by atoms with Crippen molar-refractivity contribution in [1.29, 1.82) is 0 Å². The highest BCUT2D eigenvalue weighted by Crippen LogP contribution is 2.34. The van der Waals surface area contributed by atoms with Crippen molar-refractivity contribution in [2.45, 2.75) is 38.5 Å². The van der Waals surface area contributed by atoms with E-state index in [0.29, 0.717) is 35.9 Å². The second-order valence-electron chi connectivity index (χ2n) is 10.2. The summed E-state index contributed by atoms with van der Waals surface area (Å²) in [4.78, 5) is 30.7. The first-order chi connectivity index (χ1) is 20.5. The molecule has 0 spiro atoms. The van der Waals surface area contributed by atoms with Crippen LogP contribution >= 0.6 is 0 Å². The smallest absolute Gasteiger partial charge is 0.335 e. The molecule has 212 valence electrons. The first-order valence-electron chi connectivity index (χ1n) is 13.6. The number of aromatic nitrogens is 4. The summed E-state index contributed by atoms with van der Waals surface area (Å²) in [5.74, 6) is 0.575. The van der Waals surface area contributed by atoms with Crippen LogP contribution in [-0.4, -0.2) is 48.6 Å². The van der Waals surface area contributed by atoms with Gasteiger partial charge in [0.1, 0.15) is 31.1 Å². The summed E-state index contributed by atoms with van der Waals surface area (Å²) in [6.07, 6.45) is 6.51. The van der Waals surface area contributed by atoms with Crippen molar-refractivity contribution in [1.82, 2.24) is 24.4 Å². The highest BCUT2D eigenvalue weighted by molar-refractivity contribution is 5.92. The van der Waals surface area contributed by atoms with E-state index in [1.54, 1.807) is 42.7 Å². The highest BCUT2D eigenvalue weighted by Gasteiger charge is 2.26. The Hall–Kier alpha value is -5.08. The van der Waals surface area contributed by atoms with Crippen LogP contribution in [0.25, 0.3) is 15.9 Å². The molecule has 2 aromatic carbocycles. The molecular formula is C31H27FN6O4.